The van der Waals surface area contributed by atoms with Crippen molar-refractivity contribution in [3.8, 4) is 0 Å². The Morgan fingerprint density at radius 1 is 1.19 bits per heavy atom. The van der Waals surface area contributed by atoms with Crippen LogP contribution in [0.5, 0.6) is 0 Å². The first-order valence-electron chi connectivity index (χ1n) is 9.41. The number of amides is 2. The first-order chi connectivity index (χ1) is 13.0. The number of hydrogen-bond acceptors (Lipinski definition) is 2. The molecule has 27 heavy (non-hydrogen) atoms. The zero-order chi connectivity index (χ0) is 19.4. The van der Waals surface area contributed by atoms with Gasteiger partial charge in [0.2, 0.25) is 11.8 Å². The second-order valence-corrected chi connectivity index (χ2v) is 6.97. The predicted molar refractivity (Wildman–Crippen MR) is 104 cm³/mol. The Labute approximate surface area is 159 Å². The van der Waals surface area contributed by atoms with Crippen LogP contribution in [0, 0.1) is 18.7 Å². The highest BCUT2D eigenvalue weighted by Gasteiger charge is 2.36. The number of anilines is 1. The number of aryl methyl sites for hydroxylation is 2. The molecule has 1 atom stereocenters. The van der Waals surface area contributed by atoms with Crippen molar-refractivity contribution in [3.05, 3.63) is 65.0 Å². The molecule has 4 nitrogen and oxygen atoms in total. The van der Waals surface area contributed by atoms with E-state index in [0.29, 0.717) is 25.1 Å². The van der Waals surface area contributed by atoms with Gasteiger partial charge in [-0.3, -0.25) is 9.59 Å². The van der Waals surface area contributed by atoms with E-state index in [0.717, 1.165) is 23.2 Å². The Bertz CT molecular complexity index is 850. The van der Waals surface area contributed by atoms with E-state index in [2.05, 4.69) is 12.2 Å². The molecule has 1 aliphatic heterocycles. The number of halogens is 1. The van der Waals surface area contributed by atoms with Crippen LogP contribution in [0.25, 0.3) is 0 Å². The molecule has 142 valence electrons. The summed E-state index contributed by atoms with van der Waals surface area (Å²) >= 11 is 0. The molecular formula is C22H25FN2O2. The molecule has 2 amide bonds. The van der Waals surface area contributed by atoms with Gasteiger partial charge in [0.05, 0.1) is 5.92 Å². The van der Waals surface area contributed by atoms with E-state index in [1.165, 1.54) is 6.07 Å². The Morgan fingerprint density at radius 2 is 1.93 bits per heavy atom. The quantitative estimate of drug-likeness (QED) is 0.849. The summed E-state index contributed by atoms with van der Waals surface area (Å²) in [5.74, 6) is -0.801. The summed E-state index contributed by atoms with van der Waals surface area (Å²) in [4.78, 5) is 26.8. The average molecular weight is 368 g/mol. The topological polar surface area (TPSA) is 49.4 Å². The van der Waals surface area contributed by atoms with E-state index in [1.807, 2.05) is 25.1 Å². The third kappa shape index (κ3) is 4.18. The summed E-state index contributed by atoms with van der Waals surface area (Å²) in [5.41, 5.74) is 3.67. The van der Waals surface area contributed by atoms with E-state index in [9.17, 15) is 14.0 Å². The highest BCUT2D eigenvalue weighted by molar-refractivity contribution is 6.01. The van der Waals surface area contributed by atoms with Crippen LogP contribution in [-0.2, 0) is 22.4 Å². The number of nitrogens with zero attached hydrogens (tertiary/aromatic N) is 1. The molecule has 0 aromatic heterocycles. The third-order valence-electron chi connectivity index (χ3n) is 5.12. The monoisotopic (exact) mass is 368 g/mol. The van der Waals surface area contributed by atoms with Crippen molar-refractivity contribution in [2.75, 3.05) is 18.0 Å². The van der Waals surface area contributed by atoms with Crippen molar-refractivity contribution in [3.63, 3.8) is 0 Å². The fourth-order valence-electron chi connectivity index (χ4n) is 3.66. The highest BCUT2D eigenvalue weighted by Crippen LogP contribution is 2.31. The van der Waals surface area contributed by atoms with E-state index in [1.54, 1.807) is 23.1 Å². The van der Waals surface area contributed by atoms with Gasteiger partial charge < -0.3 is 10.2 Å². The van der Waals surface area contributed by atoms with Gasteiger partial charge in [-0.25, -0.2) is 4.39 Å². The van der Waals surface area contributed by atoms with Gasteiger partial charge in [-0.1, -0.05) is 43.3 Å². The molecule has 1 N–H and O–H groups in total. The molecule has 2 aromatic rings. The lowest BCUT2D eigenvalue weighted by molar-refractivity contribution is -0.126. The summed E-state index contributed by atoms with van der Waals surface area (Å²) < 4.78 is 13.7. The van der Waals surface area contributed by atoms with Gasteiger partial charge in [0, 0.05) is 25.2 Å². The molecule has 3 rings (SSSR count). The summed E-state index contributed by atoms with van der Waals surface area (Å²) in [7, 11) is 0. The number of hydrogen-bond donors (Lipinski definition) is 1. The highest BCUT2D eigenvalue weighted by atomic mass is 19.1. The summed E-state index contributed by atoms with van der Waals surface area (Å²) in [6, 6.07) is 12.6. The number of carbonyl (C=O) groups excluding carboxylic acids is 2. The van der Waals surface area contributed by atoms with Crippen molar-refractivity contribution in [2.24, 2.45) is 5.92 Å². The zero-order valence-corrected chi connectivity index (χ0v) is 15.8. The van der Waals surface area contributed by atoms with Crippen LogP contribution in [-0.4, -0.2) is 24.9 Å². The maximum Gasteiger partial charge on any atom is 0.227 e. The summed E-state index contributed by atoms with van der Waals surface area (Å²) in [6.07, 6.45) is 1.48. The third-order valence-corrected chi connectivity index (χ3v) is 5.12. The smallest absolute Gasteiger partial charge is 0.227 e. The molecule has 0 spiro atoms. The molecule has 1 aliphatic rings. The average Bonchev–Trinajstić information content (AvgIpc) is 3.04. The van der Waals surface area contributed by atoms with Crippen molar-refractivity contribution in [2.45, 2.75) is 33.1 Å². The fraction of sp³-hybridized carbons (Fsp3) is 0.364. The molecule has 1 fully saturated rings. The number of carbonyl (C=O) groups is 2. The maximum atomic E-state index is 13.7. The number of benzene rings is 2. The normalized spacial score (nSPS) is 16.6. The van der Waals surface area contributed by atoms with Crippen LogP contribution in [0.3, 0.4) is 0 Å². The molecule has 5 heteroatoms. The molecule has 0 bridgehead atoms. The molecule has 1 heterocycles. The van der Waals surface area contributed by atoms with Crippen LogP contribution in [0.15, 0.2) is 42.5 Å². The number of para-hydroxylation sites is 1. The van der Waals surface area contributed by atoms with E-state index in [4.69, 9.17) is 0 Å². The Morgan fingerprint density at radius 3 is 2.67 bits per heavy atom. The second kappa shape index (κ2) is 8.33. The van der Waals surface area contributed by atoms with Crippen LogP contribution < -0.4 is 10.2 Å². The minimum absolute atomic E-state index is 0.0201. The minimum atomic E-state index is -0.373. The molecular weight excluding hydrogens is 343 g/mol. The van der Waals surface area contributed by atoms with Gasteiger partial charge in [0.1, 0.15) is 5.82 Å². The minimum Gasteiger partial charge on any atom is -0.355 e. The predicted octanol–water partition coefficient (Wildman–Crippen LogP) is 3.41. The van der Waals surface area contributed by atoms with Crippen LogP contribution in [0.2, 0.25) is 0 Å². The molecule has 1 saturated heterocycles. The lowest BCUT2D eigenvalue weighted by atomic mass is 10.0. The Kier molecular flexibility index (Phi) is 5.89. The molecule has 2 aromatic carbocycles. The Hall–Kier alpha value is -2.69. The first kappa shape index (κ1) is 19.1. The van der Waals surface area contributed by atoms with Crippen molar-refractivity contribution < 1.29 is 14.0 Å². The van der Waals surface area contributed by atoms with Crippen molar-refractivity contribution >= 4 is 17.5 Å². The van der Waals surface area contributed by atoms with Gasteiger partial charge in [0.15, 0.2) is 0 Å². The molecule has 1 unspecified atom stereocenters. The van der Waals surface area contributed by atoms with Crippen molar-refractivity contribution in [1.82, 2.24) is 5.32 Å². The Balaban J connectivity index is 1.62. The largest absolute Gasteiger partial charge is 0.355 e. The van der Waals surface area contributed by atoms with Gasteiger partial charge in [-0.2, -0.15) is 0 Å². The summed E-state index contributed by atoms with van der Waals surface area (Å²) in [5, 5.41) is 2.85. The molecule has 0 radical (unpaired) electrons. The van der Waals surface area contributed by atoms with E-state index in [-0.39, 0.29) is 30.0 Å². The lowest BCUT2D eigenvalue weighted by Gasteiger charge is -2.22. The van der Waals surface area contributed by atoms with Crippen molar-refractivity contribution in [1.29, 1.82) is 0 Å². The number of nitrogens with one attached hydrogen (secondary N) is 1. The van der Waals surface area contributed by atoms with E-state index >= 15 is 0 Å². The van der Waals surface area contributed by atoms with Crippen LogP contribution in [0.4, 0.5) is 10.1 Å². The fourth-order valence-corrected chi connectivity index (χ4v) is 3.66. The van der Waals surface area contributed by atoms with Gasteiger partial charge in [-0.05, 0) is 42.5 Å². The van der Waals surface area contributed by atoms with Gasteiger partial charge in [0.25, 0.3) is 0 Å². The second-order valence-electron chi connectivity index (χ2n) is 6.97. The number of rotatable bonds is 6. The zero-order valence-electron chi connectivity index (χ0n) is 15.8. The van der Waals surface area contributed by atoms with E-state index < -0.39 is 0 Å². The summed E-state index contributed by atoms with van der Waals surface area (Å²) in [6.45, 7) is 4.80. The van der Waals surface area contributed by atoms with Crippen LogP contribution >= 0.6 is 0 Å². The maximum absolute atomic E-state index is 13.7. The van der Waals surface area contributed by atoms with Gasteiger partial charge >= 0.3 is 0 Å². The lowest BCUT2D eigenvalue weighted by Crippen LogP contribution is -2.34. The van der Waals surface area contributed by atoms with Gasteiger partial charge in [-0.15, -0.1) is 0 Å². The SMILES string of the molecule is CCc1cccc(C)c1N1CC(C(=O)NCCc2ccccc2F)CC1=O. The first-order valence-corrected chi connectivity index (χ1v) is 9.41. The van der Waals surface area contributed by atoms with Crippen LogP contribution in [0.1, 0.15) is 30.0 Å². The standard InChI is InChI=1S/C22H25FN2O2/c1-3-16-9-6-7-15(2)21(16)25-14-18(13-20(25)26)22(27)24-12-11-17-8-4-5-10-19(17)23/h4-10,18H,3,11-14H2,1-2H3,(H,24,27). The molecule has 0 aliphatic carbocycles. The molecule has 0 saturated carbocycles.